The fraction of sp³-hybridized carbons (Fsp3) is 0.600. The van der Waals surface area contributed by atoms with Crippen molar-refractivity contribution in [1.82, 2.24) is 21.3 Å². The molecule has 0 saturated carbocycles. The molecule has 37 heavy (non-hydrogen) atoms. The summed E-state index contributed by atoms with van der Waals surface area (Å²) >= 11 is 1.49. The number of phenolic OH excluding ortho intramolecular Hbond substituents is 1. The summed E-state index contributed by atoms with van der Waals surface area (Å²) in [4.78, 5) is 50.8. The fourth-order valence-corrected chi connectivity index (χ4v) is 4.53. The summed E-state index contributed by atoms with van der Waals surface area (Å²) in [5.74, 6) is -1.96. The third-order valence-corrected chi connectivity index (χ3v) is 6.84. The first-order valence-electron chi connectivity index (χ1n) is 12.6. The van der Waals surface area contributed by atoms with Gasteiger partial charge in [0.2, 0.25) is 17.7 Å². The molecule has 1 aliphatic rings. The first kappa shape index (κ1) is 30.4. The van der Waals surface area contributed by atoms with E-state index in [-0.39, 0.29) is 30.5 Å². The zero-order chi connectivity index (χ0) is 27.2. The van der Waals surface area contributed by atoms with Crippen LogP contribution in [0.1, 0.15) is 44.1 Å². The average molecular weight is 538 g/mol. The van der Waals surface area contributed by atoms with Crippen LogP contribution in [0.2, 0.25) is 0 Å². The summed E-state index contributed by atoms with van der Waals surface area (Å²) in [7, 11) is 0. The molecule has 0 radical (unpaired) electrons. The number of thioether (sulfide) groups is 1. The quantitative estimate of drug-likeness (QED) is 0.144. The molecule has 0 bridgehead atoms. The molecule has 1 heterocycles. The van der Waals surface area contributed by atoms with E-state index in [1.54, 1.807) is 12.1 Å². The third kappa shape index (κ3) is 10.6. The van der Waals surface area contributed by atoms with E-state index in [0.29, 0.717) is 43.5 Å². The Morgan fingerprint density at radius 3 is 2.24 bits per heavy atom. The number of nitrogens with two attached hydrogens (primary N) is 1. The average Bonchev–Trinajstić information content (AvgIpc) is 3.42. The third-order valence-electron chi connectivity index (χ3n) is 6.19. The van der Waals surface area contributed by atoms with Gasteiger partial charge < -0.3 is 37.2 Å². The van der Waals surface area contributed by atoms with Gasteiger partial charge in [0.1, 0.15) is 23.9 Å². The summed E-state index contributed by atoms with van der Waals surface area (Å²) in [5, 5.41) is 30.3. The Morgan fingerprint density at radius 2 is 1.68 bits per heavy atom. The first-order valence-corrected chi connectivity index (χ1v) is 14.0. The van der Waals surface area contributed by atoms with Crippen molar-refractivity contribution in [2.24, 2.45) is 5.73 Å². The predicted molar refractivity (Wildman–Crippen MR) is 142 cm³/mol. The number of amides is 3. The molecule has 4 atom stereocenters. The molecule has 8 N–H and O–H groups in total. The SMILES string of the molecule is CSCCC(NC(=O)C(CCCCN)NC(=O)C1CCCN1)C(=O)NC(Cc1ccc(O)cc1)C(=O)O. The van der Waals surface area contributed by atoms with Crippen molar-refractivity contribution in [1.29, 1.82) is 0 Å². The maximum atomic E-state index is 13.2. The van der Waals surface area contributed by atoms with E-state index in [2.05, 4.69) is 21.3 Å². The van der Waals surface area contributed by atoms with E-state index in [1.165, 1.54) is 23.9 Å². The lowest BCUT2D eigenvalue weighted by atomic mass is 10.0. The second-order valence-corrected chi connectivity index (χ2v) is 10.1. The largest absolute Gasteiger partial charge is 0.508 e. The van der Waals surface area contributed by atoms with Gasteiger partial charge in [-0.25, -0.2) is 4.79 Å². The number of nitrogens with one attached hydrogen (secondary N) is 4. The maximum absolute atomic E-state index is 13.2. The smallest absolute Gasteiger partial charge is 0.326 e. The zero-order valence-corrected chi connectivity index (χ0v) is 22.0. The van der Waals surface area contributed by atoms with Crippen LogP contribution in [0.25, 0.3) is 0 Å². The Hall–Kier alpha value is -2.83. The van der Waals surface area contributed by atoms with Crippen molar-refractivity contribution in [2.75, 3.05) is 25.1 Å². The molecular formula is C25H39N5O6S. The van der Waals surface area contributed by atoms with E-state index in [9.17, 15) is 29.4 Å². The van der Waals surface area contributed by atoms with Crippen molar-refractivity contribution in [3.8, 4) is 5.75 Å². The molecule has 0 aliphatic carbocycles. The number of carboxylic acids is 1. The van der Waals surface area contributed by atoms with E-state index in [0.717, 1.165) is 13.0 Å². The van der Waals surface area contributed by atoms with Gasteiger partial charge in [-0.1, -0.05) is 12.1 Å². The second-order valence-electron chi connectivity index (χ2n) is 9.11. The molecule has 1 aromatic rings. The Labute approximate surface area is 221 Å². The lowest BCUT2D eigenvalue weighted by Crippen LogP contribution is -2.57. The molecule has 12 heteroatoms. The molecule has 1 saturated heterocycles. The molecule has 0 aromatic heterocycles. The van der Waals surface area contributed by atoms with Crippen LogP contribution in [0.4, 0.5) is 0 Å². The second kappa shape index (κ2) is 16.1. The standard InChI is InChI=1S/C25H39N5O6S/c1-37-14-11-20(24(34)30-21(25(35)36)15-16-7-9-17(31)10-8-16)29-23(33)19(5-2-3-12-26)28-22(32)18-6-4-13-27-18/h7-10,18-21,27,31H,2-6,11-15,26H2,1H3,(H,28,32)(H,29,33)(H,30,34)(H,35,36). The van der Waals surface area contributed by atoms with Crippen LogP contribution in [0.5, 0.6) is 5.75 Å². The number of carbonyl (C=O) groups excluding carboxylic acids is 3. The highest BCUT2D eigenvalue weighted by molar-refractivity contribution is 7.98. The lowest BCUT2D eigenvalue weighted by molar-refractivity contribution is -0.142. The van der Waals surface area contributed by atoms with E-state index in [1.807, 2.05) is 6.26 Å². The molecule has 1 aromatic carbocycles. The van der Waals surface area contributed by atoms with Gasteiger partial charge in [0.15, 0.2) is 0 Å². The van der Waals surface area contributed by atoms with Gasteiger partial charge in [-0.3, -0.25) is 14.4 Å². The first-order chi connectivity index (χ1) is 17.7. The van der Waals surface area contributed by atoms with E-state index < -0.39 is 35.9 Å². The molecule has 1 aliphatic heterocycles. The lowest BCUT2D eigenvalue weighted by Gasteiger charge is -2.25. The number of phenols is 1. The number of hydrogen-bond donors (Lipinski definition) is 7. The Balaban J connectivity index is 2.09. The Bertz CT molecular complexity index is 894. The van der Waals surface area contributed by atoms with Crippen LogP contribution in [-0.2, 0) is 25.6 Å². The molecule has 3 amide bonds. The summed E-state index contributed by atoms with van der Waals surface area (Å²) in [6, 6.07) is 2.67. The van der Waals surface area contributed by atoms with Crippen LogP contribution in [0.3, 0.4) is 0 Å². The van der Waals surface area contributed by atoms with Crippen molar-refractivity contribution in [3.63, 3.8) is 0 Å². The van der Waals surface area contributed by atoms with Crippen molar-refractivity contribution < 1.29 is 29.4 Å². The van der Waals surface area contributed by atoms with Crippen LogP contribution in [0.15, 0.2) is 24.3 Å². The molecular weight excluding hydrogens is 498 g/mol. The molecule has 11 nitrogen and oxygen atoms in total. The fourth-order valence-electron chi connectivity index (χ4n) is 4.06. The van der Waals surface area contributed by atoms with Crippen molar-refractivity contribution in [2.45, 2.75) is 69.1 Å². The number of unbranched alkanes of at least 4 members (excludes halogenated alkanes) is 1. The molecule has 2 rings (SSSR count). The number of aromatic hydroxyl groups is 1. The number of rotatable bonds is 16. The number of aliphatic carboxylic acids is 1. The van der Waals surface area contributed by atoms with Crippen molar-refractivity contribution in [3.05, 3.63) is 29.8 Å². The number of carbonyl (C=O) groups is 4. The zero-order valence-electron chi connectivity index (χ0n) is 21.2. The van der Waals surface area contributed by atoms with Gasteiger partial charge in [0.25, 0.3) is 0 Å². The van der Waals surface area contributed by atoms with Crippen molar-refractivity contribution >= 4 is 35.5 Å². The molecule has 1 fully saturated rings. The van der Waals surface area contributed by atoms with Gasteiger partial charge in [-0.15, -0.1) is 0 Å². The van der Waals surface area contributed by atoms with Gasteiger partial charge in [0.05, 0.1) is 6.04 Å². The van der Waals surface area contributed by atoms with Gasteiger partial charge in [0, 0.05) is 6.42 Å². The maximum Gasteiger partial charge on any atom is 0.326 e. The van der Waals surface area contributed by atoms with Gasteiger partial charge >= 0.3 is 5.97 Å². The number of hydrogen-bond acceptors (Lipinski definition) is 8. The van der Waals surface area contributed by atoms with Crippen LogP contribution < -0.4 is 27.0 Å². The van der Waals surface area contributed by atoms with Crippen LogP contribution in [-0.4, -0.2) is 83.2 Å². The Kier molecular flexibility index (Phi) is 13.2. The highest BCUT2D eigenvalue weighted by atomic mass is 32.2. The number of benzene rings is 1. The monoisotopic (exact) mass is 537 g/mol. The minimum absolute atomic E-state index is 0.0106. The summed E-state index contributed by atoms with van der Waals surface area (Å²) in [5.41, 5.74) is 6.21. The molecule has 206 valence electrons. The summed E-state index contributed by atoms with van der Waals surface area (Å²) in [6.45, 7) is 1.21. The minimum atomic E-state index is -1.22. The molecule has 4 unspecified atom stereocenters. The molecule has 0 spiro atoms. The Morgan fingerprint density at radius 1 is 1.03 bits per heavy atom. The number of carboxylic acid groups (broad SMARTS) is 1. The normalized spacial score (nSPS) is 17.4. The van der Waals surface area contributed by atoms with Crippen LogP contribution in [0, 0.1) is 0 Å². The highest BCUT2D eigenvalue weighted by Crippen LogP contribution is 2.12. The van der Waals surface area contributed by atoms with E-state index in [4.69, 9.17) is 5.73 Å². The van der Waals surface area contributed by atoms with E-state index >= 15 is 0 Å². The van der Waals surface area contributed by atoms with Gasteiger partial charge in [-0.2, -0.15) is 11.8 Å². The summed E-state index contributed by atoms with van der Waals surface area (Å²) < 4.78 is 0. The minimum Gasteiger partial charge on any atom is -0.508 e. The predicted octanol–water partition coefficient (Wildman–Crippen LogP) is 0.108. The topological polar surface area (TPSA) is 183 Å². The van der Waals surface area contributed by atoms with Gasteiger partial charge in [-0.05, 0) is 81.3 Å². The summed E-state index contributed by atoms with van der Waals surface area (Å²) in [6.07, 6.45) is 5.43. The highest BCUT2D eigenvalue weighted by Gasteiger charge is 2.31. The van der Waals surface area contributed by atoms with Crippen LogP contribution >= 0.6 is 11.8 Å².